The van der Waals surface area contributed by atoms with Crippen LogP contribution in [0.2, 0.25) is 0 Å². The van der Waals surface area contributed by atoms with Crippen molar-refractivity contribution in [1.82, 2.24) is 5.32 Å². The van der Waals surface area contributed by atoms with Gasteiger partial charge in [-0.3, -0.25) is 4.79 Å². The molecule has 0 saturated heterocycles. The SMILES string of the molecule is O=C(COC(=O)c1cc(Br)cc(Br)c1O)NC12CC3CC(CC(C3)C1)C2. The second kappa shape index (κ2) is 6.82. The highest BCUT2D eigenvalue weighted by Gasteiger charge is 2.51. The van der Waals surface area contributed by atoms with Crippen LogP contribution in [0.25, 0.3) is 0 Å². The van der Waals surface area contributed by atoms with Gasteiger partial charge in [-0.2, -0.15) is 0 Å². The molecule has 4 saturated carbocycles. The Balaban J connectivity index is 1.37. The lowest BCUT2D eigenvalue weighted by atomic mass is 9.53. The fourth-order valence-electron chi connectivity index (χ4n) is 5.53. The fraction of sp³-hybridized carbons (Fsp3) is 0.579. The summed E-state index contributed by atoms with van der Waals surface area (Å²) in [5.74, 6) is 1.04. The predicted molar refractivity (Wildman–Crippen MR) is 103 cm³/mol. The van der Waals surface area contributed by atoms with E-state index in [9.17, 15) is 14.7 Å². The zero-order valence-corrected chi connectivity index (χ0v) is 17.4. The molecule has 4 bridgehead atoms. The molecule has 2 N–H and O–H groups in total. The second-order valence-electron chi connectivity index (χ2n) is 8.11. The van der Waals surface area contributed by atoms with Crippen LogP contribution in [-0.4, -0.2) is 29.1 Å². The second-order valence-corrected chi connectivity index (χ2v) is 9.88. The molecule has 0 spiro atoms. The number of carbonyl (C=O) groups is 2. The van der Waals surface area contributed by atoms with Gasteiger partial charge in [0.1, 0.15) is 11.3 Å². The minimum Gasteiger partial charge on any atom is -0.506 e. The number of phenolic OH excluding ortho intramolecular Hbond substituents is 1. The Morgan fingerprint density at radius 1 is 1.12 bits per heavy atom. The highest BCUT2D eigenvalue weighted by molar-refractivity contribution is 9.11. The highest BCUT2D eigenvalue weighted by atomic mass is 79.9. The minimum atomic E-state index is -0.717. The van der Waals surface area contributed by atoms with Gasteiger partial charge < -0.3 is 15.2 Å². The third-order valence-corrected chi connectivity index (χ3v) is 7.09. The van der Waals surface area contributed by atoms with Crippen molar-refractivity contribution in [2.75, 3.05) is 6.61 Å². The molecule has 4 aliphatic rings. The first kappa shape index (κ1) is 18.3. The number of aromatic hydroxyl groups is 1. The predicted octanol–water partition coefficient (Wildman–Crippen LogP) is 4.16. The van der Waals surface area contributed by atoms with Crippen LogP contribution in [0.4, 0.5) is 0 Å². The van der Waals surface area contributed by atoms with Crippen molar-refractivity contribution < 1.29 is 19.4 Å². The van der Waals surface area contributed by atoms with Crippen molar-refractivity contribution in [1.29, 1.82) is 0 Å². The summed E-state index contributed by atoms with van der Waals surface area (Å²) in [6, 6.07) is 3.10. The van der Waals surface area contributed by atoms with E-state index in [1.165, 1.54) is 25.3 Å². The van der Waals surface area contributed by atoms with Crippen LogP contribution in [0.3, 0.4) is 0 Å². The normalized spacial score (nSPS) is 31.7. The number of rotatable bonds is 4. The molecule has 5 rings (SSSR count). The van der Waals surface area contributed by atoms with Gasteiger partial charge in [0.2, 0.25) is 0 Å². The minimum absolute atomic E-state index is 0.0221. The van der Waals surface area contributed by atoms with Crippen LogP contribution in [0.1, 0.15) is 48.9 Å². The van der Waals surface area contributed by atoms with Crippen LogP contribution in [0, 0.1) is 17.8 Å². The van der Waals surface area contributed by atoms with E-state index in [2.05, 4.69) is 37.2 Å². The number of hydrogen-bond acceptors (Lipinski definition) is 4. The number of amides is 1. The lowest BCUT2D eigenvalue weighted by Gasteiger charge is -2.56. The highest BCUT2D eigenvalue weighted by Crippen LogP contribution is 2.55. The van der Waals surface area contributed by atoms with Crippen LogP contribution < -0.4 is 5.32 Å². The Morgan fingerprint density at radius 3 is 2.27 bits per heavy atom. The molecule has 0 unspecified atom stereocenters. The quantitative estimate of drug-likeness (QED) is 0.626. The smallest absolute Gasteiger partial charge is 0.342 e. The molecule has 0 heterocycles. The molecule has 4 fully saturated rings. The first-order valence-corrected chi connectivity index (χ1v) is 10.6. The maximum Gasteiger partial charge on any atom is 0.342 e. The standard InChI is InChI=1S/C19H21Br2NO4/c20-13-4-14(17(24)15(21)5-13)18(25)26-9-16(23)22-19-6-10-1-11(7-19)3-12(2-10)8-19/h4-5,10-12,24H,1-3,6-9H2,(H,22,23). The summed E-state index contributed by atoms with van der Waals surface area (Å²) in [5, 5.41) is 13.2. The molecule has 1 aromatic carbocycles. The van der Waals surface area contributed by atoms with Crippen molar-refractivity contribution in [3.63, 3.8) is 0 Å². The van der Waals surface area contributed by atoms with E-state index in [-0.39, 0.29) is 29.4 Å². The summed E-state index contributed by atoms with van der Waals surface area (Å²) < 4.78 is 6.16. The third kappa shape index (κ3) is 3.52. The first-order chi connectivity index (χ1) is 12.3. The first-order valence-electron chi connectivity index (χ1n) is 9.00. The lowest BCUT2D eigenvalue weighted by Crippen LogP contribution is -2.60. The van der Waals surface area contributed by atoms with E-state index < -0.39 is 5.97 Å². The van der Waals surface area contributed by atoms with Gasteiger partial charge in [-0.15, -0.1) is 0 Å². The summed E-state index contributed by atoms with van der Waals surface area (Å²) in [6.45, 7) is -0.329. The van der Waals surface area contributed by atoms with Crippen LogP contribution >= 0.6 is 31.9 Å². The van der Waals surface area contributed by atoms with Crippen molar-refractivity contribution in [3.05, 3.63) is 26.6 Å². The maximum absolute atomic E-state index is 12.4. The van der Waals surface area contributed by atoms with Crippen LogP contribution in [0.5, 0.6) is 5.75 Å². The number of carbonyl (C=O) groups excluding carboxylic acids is 2. The monoisotopic (exact) mass is 485 g/mol. The molecular weight excluding hydrogens is 466 g/mol. The van der Waals surface area contributed by atoms with Crippen molar-refractivity contribution in [2.24, 2.45) is 17.8 Å². The number of phenols is 1. The molecule has 140 valence electrons. The number of halogens is 2. The molecule has 1 aromatic rings. The van der Waals surface area contributed by atoms with E-state index in [1.54, 1.807) is 6.07 Å². The van der Waals surface area contributed by atoms with Gasteiger partial charge in [0.25, 0.3) is 5.91 Å². The van der Waals surface area contributed by atoms with Gasteiger partial charge in [0.05, 0.1) is 4.47 Å². The zero-order valence-electron chi connectivity index (χ0n) is 14.3. The molecule has 0 aliphatic heterocycles. The summed E-state index contributed by atoms with van der Waals surface area (Å²) in [4.78, 5) is 24.6. The Hall–Kier alpha value is -1.08. The molecule has 5 nitrogen and oxygen atoms in total. The van der Waals surface area contributed by atoms with Crippen molar-refractivity contribution in [2.45, 2.75) is 44.1 Å². The molecule has 0 atom stereocenters. The van der Waals surface area contributed by atoms with Crippen molar-refractivity contribution in [3.8, 4) is 5.75 Å². The average molecular weight is 487 g/mol. The number of benzene rings is 1. The molecule has 0 radical (unpaired) electrons. The Bertz CT molecular complexity index is 729. The Kier molecular flexibility index (Phi) is 4.80. The van der Waals surface area contributed by atoms with E-state index in [1.807, 2.05) is 0 Å². The number of esters is 1. The molecule has 7 heteroatoms. The number of hydrogen-bond donors (Lipinski definition) is 2. The molecule has 0 aromatic heterocycles. The third-order valence-electron chi connectivity index (χ3n) is 6.03. The van der Waals surface area contributed by atoms with Crippen LogP contribution in [0.15, 0.2) is 21.1 Å². The fourth-order valence-corrected chi connectivity index (χ4v) is 6.75. The van der Waals surface area contributed by atoms with Gasteiger partial charge in [0, 0.05) is 10.0 Å². The lowest BCUT2D eigenvalue weighted by molar-refractivity contribution is -0.130. The van der Waals surface area contributed by atoms with E-state index >= 15 is 0 Å². The number of ether oxygens (including phenoxy) is 1. The van der Waals surface area contributed by atoms with Gasteiger partial charge in [0.15, 0.2) is 6.61 Å². The summed E-state index contributed by atoms with van der Waals surface area (Å²) in [7, 11) is 0. The largest absolute Gasteiger partial charge is 0.506 e. The molecular formula is C19H21Br2NO4. The molecule has 26 heavy (non-hydrogen) atoms. The van der Waals surface area contributed by atoms with Gasteiger partial charge in [-0.1, -0.05) is 15.9 Å². The van der Waals surface area contributed by atoms with Gasteiger partial charge in [-0.05, 0) is 84.3 Å². The Morgan fingerprint density at radius 2 is 1.69 bits per heavy atom. The van der Waals surface area contributed by atoms with Crippen molar-refractivity contribution >= 4 is 43.7 Å². The van der Waals surface area contributed by atoms with E-state index in [0.29, 0.717) is 8.95 Å². The topological polar surface area (TPSA) is 75.6 Å². The maximum atomic E-state index is 12.4. The van der Waals surface area contributed by atoms with E-state index in [0.717, 1.165) is 37.0 Å². The van der Waals surface area contributed by atoms with Crippen LogP contribution in [-0.2, 0) is 9.53 Å². The molecule has 4 aliphatic carbocycles. The summed E-state index contributed by atoms with van der Waals surface area (Å²) in [5.41, 5.74) is -0.0759. The zero-order chi connectivity index (χ0) is 18.5. The van der Waals surface area contributed by atoms with Gasteiger partial charge in [-0.25, -0.2) is 4.79 Å². The van der Waals surface area contributed by atoms with Gasteiger partial charge >= 0.3 is 5.97 Å². The average Bonchev–Trinajstić information content (AvgIpc) is 2.54. The number of nitrogens with one attached hydrogen (secondary N) is 1. The summed E-state index contributed by atoms with van der Waals surface area (Å²) >= 11 is 6.45. The Labute approximate surface area is 169 Å². The van der Waals surface area contributed by atoms with E-state index in [4.69, 9.17) is 4.74 Å². The molecule has 1 amide bonds. The summed E-state index contributed by atoms with van der Waals surface area (Å²) in [6.07, 6.45) is 7.08.